The molecule has 3 aliphatic rings. The molecule has 1 aliphatic carbocycles. The van der Waals surface area contributed by atoms with Crippen molar-refractivity contribution < 1.29 is 4.79 Å². The third-order valence-corrected chi connectivity index (χ3v) is 6.58. The van der Waals surface area contributed by atoms with E-state index in [2.05, 4.69) is 33.6 Å². The zero-order valence-electron chi connectivity index (χ0n) is 15.9. The van der Waals surface area contributed by atoms with E-state index in [1.807, 2.05) is 29.3 Å². The van der Waals surface area contributed by atoms with E-state index < -0.39 is 0 Å². The standard InChI is InChI=1S/C23H24N4O/c28-23(21-19-7-3-4-11-27(19)22(24-21)17-8-9-17)26-14-13-25-12-10-16-5-1-2-6-18(16)20(25)15-26/h1-7,11,17,20H,8-10,12-15H2. The van der Waals surface area contributed by atoms with Crippen LogP contribution in [0.3, 0.4) is 0 Å². The van der Waals surface area contributed by atoms with Gasteiger partial charge in [-0.15, -0.1) is 0 Å². The second kappa shape index (κ2) is 6.17. The number of aromatic nitrogens is 2. The summed E-state index contributed by atoms with van der Waals surface area (Å²) >= 11 is 0. The van der Waals surface area contributed by atoms with Gasteiger partial charge in [-0.3, -0.25) is 9.69 Å². The van der Waals surface area contributed by atoms with Crippen molar-refractivity contribution in [1.82, 2.24) is 19.2 Å². The Hall–Kier alpha value is -2.66. The van der Waals surface area contributed by atoms with Crippen molar-refractivity contribution >= 4 is 11.4 Å². The van der Waals surface area contributed by atoms with Gasteiger partial charge in [0.15, 0.2) is 5.69 Å². The number of rotatable bonds is 2. The van der Waals surface area contributed by atoms with Crippen LogP contribution in [0, 0.1) is 0 Å². The Morgan fingerprint density at radius 1 is 1.00 bits per heavy atom. The van der Waals surface area contributed by atoms with E-state index in [4.69, 9.17) is 4.98 Å². The number of hydrogen-bond donors (Lipinski definition) is 0. The van der Waals surface area contributed by atoms with E-state index in [-0.39, 0.29) is 5.91 Å². The predicted octanol–water partition coefficient (Wildman–Crippen LogP) is 3.27. The molecule has 2 aliphatic heterocycles. The number of benzene rings is 1. The topological polar surface area (TPSA) is 40.9 Å². The molecular formula is C23H24N4O. The fraction of sp³-hybridized carbons (Fsp3) is 0.391. The van der Waals surface area contributed by atoms with E-state index in [9.17, 15) is 4.79 Å². The lowest BCUT2D eigenvalue weighted by Gasteiger charge is -2.44. The minimum atomic E-state index is 0.0818. The average Bonchev–Trinajstić information content (AvgIpc) is 3.53. The molecule has 5 heteroatoms. The molecule has 1 saturated carbocycles. The van der Waals surface area contributed by atoms with Crippen LogP contribution in [-0.4, -0.2) is 51.3 Å². The molecule has 1 atom stereocenters. The number of carbonyl (C=O) groups excluding carboxylic acids is 1. The molecule has 0 radical (unpaired) electrons. The quantitative estimate of drug-likeness (QED) is 0.693. The molecular weight excluding hydrogens is 348 g/mol. The highest BCUT2D eigenvalue weighted by Gasteiger charge is 2.36. The molecule has 3 aromatic rings. The molecule has 1 unspecified atom stereocenters. The number of amides is 1. The van der Waals surface area contributed by atoms with Crippen molar-refractivity contribution in [1.29, 1.82) is 0 Å². The largest absolute Gasteiger partial charge is 0.334 e. The van der Waals surface area contributed by atoms with Gasteiger partial charge >= 0.3 is 0 Å². The van der Waals surface area contributed by atoms with E-state index >= 15 is 0 Å². The Balaban J connectivity index is 1.34. The predicted molar refractivity (Wildman–Crippen MR) is 108 cm³/mol. The number of carbonyl (C=O) groups is 1. The number of pyridine rings is 1. The van der Waals surface area contributed by atoms with E-state index in [0.29, 0.717) is 17.7 Å². The Labute approximate surface area is 164 Å². The van der Waals surface area contributed by atoms with Gasteiger partial charge in [-0.2, -0.15) is 0 Å². The van der Waals surface area contributed by atoms with Crippen molar-refractivity contribution in [3.63, 3.8) is 0 Å². The molecule has 5 nitrogen and oxygen atoms in total. The highest BCUT2D eigenvalue weighted by atomic mass is 16.2. The van der Waals surface area contributed by atoms with Gasteiger partial charge in [0.2, 0.25) is 0 Å². The fourth-order valence-electron chi connectivity index (χ4n) is 4.92. The maximum absolute atomic E-state index is 13.5. The third kappa shape index (κ3) is 2.49. The van der Waals surface area contributed by atoms with Crippen LogP contribution in [0.2, 0.25) is 0 Å². The molecule has 28 heavy (non-hydrogen) atoms. The molecule has 0 bridgehead atoms. The molecule has 6 rings (SSSR count). The van der Waals surface area contributed by atoms with Gasteiger partial charge in [0.05, 0.1) is 11.6 Å². The van der Waals surface area contributed by atoms with E-state index in [1.165, 1.54) is 24.0 Å². The van der Waals surface area contributed by atoms with Crippen molar-refractivity contribution in [3.05, 3.63) is 71.3 Å². The first-order valence-corrected chi connectivity index (χ1v) is 10.4. The first-order valence-electron chi connectivity index (χ1n) is 10.4. The maximum Gasteiger partial charge on any atom is 0.274 e. The van der Waals surface area contributed by atoms with Gasteiger partial charge in [0.1, 0.15) is 5.82 Å². The Morgan fingerprint density at radius 2 is 1.86 bits per heavy atom. The molecule has 2 aromatic heterocycles. The van der Waals surface area contributed by atoms with Gasteiger partial charge < -0.3 is 9.30 Å². The zero-order valence-corrected chi connectivity index (χ0v) is 15.9. The second-order valence-electron chi connectivity index (χ2n) is 8.30. The lowest BCUT2D eigenvalue weighted by atomic mass is 9.91. The highest BCUT2D eigenvalue weighted by Crippen LogP contribution is 2.40. The fourth-order valence-corrected chi connectivity index (χ4v) is 4.92. The molecule has 1 aromatic carbocycles. The van der Waals surface area contributed by atoms with Crippen molar-refractivity contribution in [2.24, 2.45) is 0 Å². The molecule has 2 fully saturated rings. The van der Waals surface area contributed by atoms with Gasteiger partial charge in [0, 0.05) is 38.3 Å². The minimum absolute atomic E-state index is 0.0818. The van der Waals surface area contributed by atoms with Crippen LogP contribution in [0.1, 0.15) is 52.2 Å². The first-order chi connectivity index (χ1) is 13.8. The summed E-state index contributed by atoms with van der Waals surface area (Å²) in [7, 11) is 0. The van der Waals surface area contributed by atoms with Gasteiger partial charge in [-0.1, -0.05) is 30.3 Å². The Kier molecular flexibility index (Phi) is 3.60. The van der Waals surface area contributed by atoms with Crippen molar-refractivity contribution in [2.75, 3.05) is 26.2 Å². The number of fused-ring (bicyclic) bond motifs is 4. The number of hydrogen-bond acceptors (Lipinski definition) is 3. The second-order valence-corrected chi connectivity index (χ2v) is 8.30. The van der Waals surface area contributed by atoms with Crippen molar-refractivity contribution in [3.8, 4) is 0 Å². The highest BCUT2D eigenvalue weighted by molar-refractivity contribution is 5.99. The minimum Gasteiger partial charge on any atom is -0.334 e. The first kappa shape index (κ1) is 16.3. The maximum atomic E-state index is 13.5. The third-order valence-electron chi connectivity index (χ3n) is 6.58. The number of imidazole rings is 1. The normalized spacial score (nSPS) is 22.1. The van der Waals surface area contributed by atoms with Crippen LogP contribution in [0.25, 0.3) is 5.52 Å². The van der Waals surface area contributed by atoms with Crippen LogP contribution in [0.4, 0.5) is 0 Å². The van der Waals surface area contributed by atoms with Crippen LogP contribution in [0.5, 0.6) is 0 Å². The molecule has 1 amide bonds. The van der Waals surface area contributed by atoms with Crippen molar-refractivity contribution in [2.45, 2.75) is 31.2 Å². The van der Waals surface area contributed by atoms with Gasteiger partial charge in [-0.05, 0) is 42.5 Å². The monoisotopic (exact) mass is 372 g/mol. The molecule has 0 spiro atoms. The van der Waals surface area contributed by atoms with Crippen LogP contribution < -0.4 is 0 Å². The molecule has 4 heterocycles. The SMILES string of the molecule is O=C(c1nc(C2CC2)n2ccccc12)N1CCN2CCc3ccccc3C2C1. The van der Waals surface area contributed by atoms with Crippen LogP contribution >= 0.6 is 0 Å². The lowest BCUT2D eigenvalue weighted by molar-refractivity contribution is 0.0451. The van der Waals surface area contributed by atoms with E-state index in [1.54, 1.807) is 0 Å². The average molecular weight is 372 g/mol. The number of nitrogens with zero attached hydrogens (tertiary/aromatic N) is 4. The summed E-state index contributed by atoms with van der Waals surface area (Å²) in [5.41, 5.74) is 4.39. The molecule has 1 saturated heterocycles. The summed E-state index contributed by atoms with van der Waals surface area (Å²) < 4.78 is 2.12. The van der Waals surface area contributed by atoms with Crippen LogP contribution in [0.15, 0.2) is 48.7 Å². The Morgan fingerprint density at radius 3 is 2.75 bits per heavy atom. The summed E-state index contributed by atoms with van der Waals surface area (Å²) in [4.78, 5) is 22.9. The van der Waals surface area contributed by atoms with Crippen LogP contribution in [-0.2, 0) is 6.42 Å². The van der Waals surface area contributed by atoms with E-state index in [0.717, 1.165) is 43.9 Å². The lowest BCUT2D eigenvalue weighted by Crippen LogP contribution is -2.52. The Bertz CT molecular complexity index is 1070. The summed E-state index contributed by atoms with van der Waals surface area (Å²) in [6.07, 6.45) is 5.51. The summed E-state index contributed by atoms with van der Waals surface area (Å²) in [5.74, 6) is 1.65. The zero-order chi connectivity index (χ0) is 18.7. The summed E-state index contributed by atoms with van der Waals surface area (Å²) in [6.45, 7) is 3.55. The van der Waals surface area contributed by atoms with Gasteiger partial charge in [0.25, 0.3) is 5.91 Å². The summed E-state index contributed by atoms with van der Waals surface area (Å²) in [5, 5.41) is 0. The molecule has 0 N–H and O–H groups in total. The number of piperazine rings is 1. The smallest absolute Gasteiger partial charge is 0.274 e. The van der Waals surface area contributed by atoms with Gasteiger partial charge in [-0.25, -0.2) is 4.98 Å². The summed E-state index contributed by atoms with van der Waals surface area (Å²) in [6, 6.07) is 15.1. The molecule has 142 valence electrons.